The van der Waals surface area contributed by atoms with Crippen LogP contribution in [0.25, 0.3) is 11.4 Å². The third kappa shape index (κ3) is 4.44. The number of ether oxygens (including phenoxy) is 1. The van der Waals surface area contributed by atoms with Crippen LogP contribution in [0.15, 0.2) is 16.9 Å². The van der Waals surface area contributed by atoms with Crippen LogP contribution < -0.4 is 0 Å². The molecule has 6 nitrogen and oxygen atoms in total. The monoisotopic (exact) mass is 403 g/mol. The number of hydrogen-bond acceptors (Lipinski definition) is 5. The molecule has 3 rings (SSSR count). The van der Waals surface area contributed by atoms with Gasteiger partial charge in [-0.15, -0.1) is 0 Å². The zero-order valence-corrected chi connectivity index (χ0v) is 16.0. The predicted molar refractivity (Wildman–Crippen MR) is 97.7 cm³/mol. The van der Waals surface area contributed by atoms with E-state index in [0.29, 0.717) is 25.5 Å². The summed E-state index contributed by atoms with van der Waals surface area (Å²) in [6.45, 7) is 3.31. The first-order valence-electron chi connectivity index (χ1n) is 8.77. The SMILES string of the molecule is CCCOCn1c(C2CC2)nc(Br)c1-c1ccnc(CCCC#N)n1. The number of rotatable bonds is 9. The van der Waals surface area contributed by atoms with E-state index < -0.39 is 0 Å². The van der Waals surface area contributed by atoms with E-state index in [1.165, 1.54) is 12.8 Å². The van der Waals surface area contributed by atoms with Gasteiger partial charge in [0, 0.05) is 31.6 Å². The van der Waals surface area contributed by atoms with Crippen LogP contribution in [-0.2, 0) is 17.9 Å². The molecule has 0 amide bonds. The standard InChI is InChI=1S/C18H22BrN5O/c1-2-11-25-12-24-16(17(19)23-18(24)13-6-7-13)14-8-10-21-15(22-14)5-3-4-9-20/h8,10,13H,2-7,11-12H2,1H3. The van der Waals surface area contributed by atoms with Crippen molar-refractivity contribution in [2.24, 2.45) is 0 Å². The normalized spacial score (nSPS) is 13.8. The molecule has 0 spiro atoms. The summed E-state index contributed by atoms with van der Waals surface area (Å²) in [7, 11) is 0. The fraction of sp³-hybridized carbons (Fsp3) is 0.556. The van der Waals surface area contributed by atoms with Gasteiger partial charge in [-0.25, -0.2) is 15.0 Å². The Morgan fingerprint density at radius 1 is 1.40 bits per heavy atom. The Hall–Kier alpha value is -1.78. The minimum atomic E-state index is 0.487. The van der Waals surface area contributed by atoms with Crippen LogP contribution >= 0.6 is 15.9 Å². The summed E-state index contributed by atoms with van der Waals surface area (Å²) < 4.78 is 8.74. The molecule has 2 aromatic rings. The number of nitriles is 1. The summed E-state index contributed by atoms with van der Waals surface area (Å²) in [6, 6.07) is 4.07. The summed E-state index contributed by atoms with van der Waals surface area (Å²) in [5, 5.41) is 8.69. The van der Waals surface area contributed by atoms with Crippen LogP contribution in [0.4, 0.5) is 0 Å². The fourth-order valence-corrected chi connectivity index (χ4v) is 3.34. The van der Waals surface area contributed by atoms with Crippen LogP contribution in [0, 0.1) is 11.3 Å². The first kappa shape index (κ1) is 18.0. The number of nitrogens with zero attached hydrogens (tertiary/aromatic N) is 5. The van der Waals surface area contributed by atoms with E-state index in [-0.39, 0.29) is 0 Å². The Morgan fingerprint density at radius 2 is 2.24 bits per heavy atom. The van der Waals surface area contributed by atoms with Gasteiger partial charge in [-0.2, -0.15) is 5.26 Å². The summed E-state index contributed by atoms with van der Waals surface area (Å²) in [5.41, 5.74) is 1.79. The van der Waals surface area contributed by atoms with Crippen molar-refractivity contribution in [3.8, 4) is 17.5 Å². The van der Waals surface area contributed by atoms with Crippen molar-refractivity contribution in [2.45, 2.75) is 58.1 Å². The number of aromatic nitrogens is 4. The quantitative estimate of drug-likeness (QED) is 0.585. The second-order valence-corrected chi connectivity index (χ2v) is 6.97. The maximum absolute atomic E-state index is 8.69. The van der Waals surface area contributed by atoms with Gasteiger partial charge in [-0.3, -0.25) is 0 Å². The van der Waals surface area contributed by atoms with Crippen LogP contribution in [-0.4, -0.2) is 26.1 Å². The number of hydrogen-bond donors (Lipinski definition) is 0. The van der Waals surface area contributed by atoms with Gasteiger partial charge in [0.25, 0.3) is 0 Å². The molecule has 0 atom stereocenters. The topological polar surface area (TPSA) is 76.6 Å². The van der Waals surface area contributed by atoms with Crippen molar-refractivity contribution in [3.05, 3.63) is 28.5 Å². The molecule has 2 heterocycles. The van der Waals surface area contributed by atoms with Crippen LogP contribution in [0.2, 0.25) is 0 Å². The molecule has 0 bridgehead atoms. The summed E-state index contributed by atoms with van der Waals surface area (Å²) in [6.07, 6.45) is 7.12. The van der Waals surface area contributed by atoms with E-state index in [4.69, 9.17) is 20.0 Å². The predicted octanol–water partition coefficient (Wildman–Crippen LogP) is 4.21. The fourth-order valence-electron chi connectivity index (χ4n) is 2.74. The zero-order valence-electron chi connectivity index (χ0n) is 14.4. The second-order valence-electron chi connectivity index (χ2n) is 6.22. The van der Waals surface area contributed by atoms with Crippen LogP contribution in [0.1, 0.15) is 56.6 Å². The number of halogens is 1. The molecule has 25 heavy (non-hydrogen) atoms. The van der Waals surface area contributed by atoms with Gasteiger partial charge in [0.15, 0.2) is 0 Å². The molecular weight excluding hydrogens is 382 g/mol. The molecule has 1 aliphatic rings. The summed E-state index contributed by atoms with van der Waals surface area (Å²) in [5.74, 6) is 2.35. The molecular formula is C18H22BrN5O. The summed E-state index contributed by atoms with van der Waals surface area (Å²) in [4.78, 5) is 13.7. The molecule has 0 aliphatic heterocycles. The van der Waals surface area contributed by atoms with Gasteiger partial charge in [0.05, 0.1) is 11.8 Å². The molecule has 1 saturated carbocycles. The van der Waals surface area contributed by atoms with Crippen molar-refractivity contribution in [1.82, 2.24) is 19.5 Å². The van der Waals surface area contributed by atoms with Gasteiger partial charge in [-0.05, 0) is 47.7 Å². The van der Waals surface area contributed by atoms with E-state index in [0.717, 1.165) is 47.1 Å². The average molecular weight is 404 g/mol. The smallest absolute Gasteiger partial charge is 0.134 e. The molecule has 2 aromatic heterocycles. The molecule has 1 aliphatic carbocycles. The van der Waals surface area contributed by atoms with Crippen molar-refractivity contribution < 1.29 is 4.74 Å². The number of imidazole rings is 1. The highest BCUT2D eigenvalue weighted by Crippen LogP contribution is 2.42. The van der Waals surface area contributed by atoms with Crippen molar-refractivity contribution in [1.29, 1.82) is 5.26 Å². The van der Waals surface area contributed by atoms with Crippen molar-refractivity contribution in [3.63, 3.8) is 0 Å². The molecule has 0 N–H and O–H groups in total. The molecule has 132 valence electrons. The Bertz CT molecular complexity index is 763. The van der Waals surface area contributed by atoms with Gasteiger partial charge in [-0.1, -0.05) is 6.92 Å². The lowest BCUT2D eigenvalue weighted by molar-refractivity contribution is 0.0765. The number of unbranched alkanes of at least 4 members (excludes halogenated alkanes) is 1. The lowest BCUT2D eigenvalue weighted by Crippen LogP contribution is -2.09. The van der Waals surface area contributed by atoms with E-state index >= 15 is 0 Å². The van der Waals surface area contributed by atoms with Crippen LogP contribution in [0.3, 0.4) is 0 Å². The largest absolute Gasteiger partial charge is 0.361 e. The van der Waals surface area contributed by atoms with Gasteiger partial charge >= 0.3 is 0 Å². The third-order valence-electron chi connectivity index (χ3n) is 4.10. The van der Waals surface area contributed by atoms with Crippen LogP contribution in [0.5, 0.6) is 0 Å². The second kappa shape index (κ2) is 8.54. The Morgan fingerprint density at radius 3 is 2.96 bits per heavy atom. The van der Waals surface area contributed by atoms with E-state index in [1.807, 2.05) is 6.07 Å². The highest BCUT2D eigenvalue weighted by molar-refractivity contribution is 9.10. The maximum Gasteiger partial charge on any atom is 0.134 e. The first-order chi connectivity index (χ1) is 12.2. The molecule has 0 radical (unpaired) electrons. The molecule has 7 heteroatoms. The summed E-state index contributed by atoms with van der Waals surface area (Å²) >= 11 is 3.61. The molecule has 0 saturated heterocycles. The molecule has 0 unspecified atom stereocenters. The Kier molecular flexibility index (Phi) is 6.16. The maximum atomic E-state index is 8.69. The minimum Gasteiger partial charge on any atom is -0.361 e. The lowest BCUT2D eigenvalue weighted by atomic mass is 10.2. The third-order valence-corrected chi connectivity index (χ3v) is 4.66. The van der Waals surface area contributed by atoms with Gasteiger partial charge < -0.3 is 9.30 Å². The minimum absolute atomic E-state index is 0.487. The van der Waals surface area contributed by atoms with Crippen molar-refractivity contribution in [2.75, 3.05) is 6.61 Å². The highest BCUT2D eigenvalue weighted by atomic mass is 79.9. The molecule has 1 fully saturated rings. The van der Waals surface area contributed by atoms with E-state index in [1.54, 1.807) is 6.20 Å². The lowest BCUT2D eigenvalue weighted by Gasteiger charge is -2.12. The van der Waals surface area contributed by atoms with Gasteiger partial charge in [0.1, 0.15) is 28.7 Å². The van der Waals surface area contributed by atoms with E-state index in [9.17, 15) is 0 Å². The Balaban J connectivity index is 1.90. The van der Waals surface area contributed by atoms with Gasteiger partial charge in [0.2, 0.25) is 0 Å². The Labute approximate surface area is 156 Å². The molecule has 0 aromatic carbocycles. The average Bonchev–Trinajstić information content (AvgIpc) is 3.40. The first-order valence-corrected chi connectivity index (χ1v) is 9.56. The van der Waals surface area contributed by atoms with Crippen molar-refractivity contribution >= 4 is 15.9 Å². The zero-order chi connectivity index (χ0) is 17.6. The number of aryl methyl sites for hydroxylation is 1. The van der Waals surface area contributed by atoms with E-state index in [2.05, 4.69) is 38.5 Å². The highest BCUT2D eigenvalue weighted by Gasteiger charge is 2.31.